The summed E-state index contributed by atoms with van der Waals surface area (Å²) in [5.74, 6) is 0.0167. The highest BCUT2D eigenvalue weighted by atomic mass is 19.4. The summed E-state index contributed by atoms with van der Waals surface area (Å²) >= 11 is 0. The van der Waals surface area contributed by atoms with Crippen molar-refractivity contribution in [3.63, 3.8) is 0 Å². The first-order chi connectivity index (χ1) is 13.3. The Balaban J connectivity index is 1.91. The van der Waals surface area contributed by atoms with Gasteiger partial charge < -0.3 is 18.9 Å². The Labute approximate surface area is 160 Å². The van der Waals surface area contributed by atoms with E-state index in [0.29, 0.717) is 12.4 Å². The van der Waals surface area contributed by atoms with Gasteiger partial charge in [0.05, 0.1) is 20.0 Å². The van der Waals surface area contributed by atoms with Crippen LogP contribution in [0.5, 0.6) is 5.75 Å². The fourth-order valence-electron chi connectivity index (χ4n) is 3.02. The van der Waals surface area contributed by atoms with Crippen LogP contribution in [0, 0.1) is 0 Å². The molecule has 0 spiro atoms. The Bertz CT molecular complexity index is 873. The van der Waals surface area contributed by atoms with Crippen LogP contribution in [0.2, 0.25) is 0 Å². The van der Waals surface area contributed by atoms with E-state index in [-0.39, 0.29) is 25.5 Å². The third-order valence-corrected chi connectivity index (χ3v) is 4.36. The van der Waals surface area contributed by atoms with Crippen molar-refractivity contribution in [2.24, 2.45) is 0 Å². The van der Waals surface area contributed by atoms with E-state index in [1.807, 2.05) is 0 Å². The zero-order valence-corrected chi connectivity index (χ0v) is 15.5. The molecule has 2 aromatic rings. The smallest absolute Gasteiger partial charge is 0.435 e. The number of amides is 1. The third kappa shape index (κ3) is 3.97. The molecule has 0 fully saturated rings. The first-order valence-electron chi connectivity index (χ1n) is 8.73. The van der Waals surface area contributed by atoms with Gasteiger partial charge in [0, 0.05) is 25.7 Å². The number of hydrogen-bond donors (Lipinski definition) is 0. The molecular weight excluding hydrogens is 375 g/mol. The number of nitrogens with zero attached hydrogens (tertiary/aromatic N) is 3. The van der Waals surface area contributed by atoms with Crippen molar-refractivity contribution in [1.82, 2.24) is 14.5 Å². The zero-order chi connectivity index (χ0) is 20.3. The van der Waals surface area contributed by atoms with Gasteiger partial charge in [0.1, 0.15) is 17.3 Å². The maximum absolute atomic E-state index is 13.5. The van der Waals surface area contributed by atoms with E-state index >= 15 is 0 Å². The standard InChI is InChI=1S/C19H20F3N3O3/c1-3-28-11-8-15-23-17(19(20,21)22)16-18(26)24(9-10-25(15)16)12-13-4-6-14(27-2)7-5-13/h4-8,11H,3,9-10,12H2,1-2H3/b11-8+. The number of alkyl halides is 3. The molecule has 0 N–H and O–H groups in total. The maximum atomic E-state index is 13.5. The molecule has 0 bridgehead atoms. The second-order valence-electron chi connectivity index (χ2n) is 6.15. The van der Waals surface area contributed by atoms with Crippen LogP contribution in [0.15, 0.2) is 30.5 Å². The molecule has 1 aliphatic heterocycles. The molecular formula is C19H20F3N3O3. The van der Waals surface area contributed by atoms with Crippen molar-refractivity contribution in [3.05, 3.63) is 53.3 Å². The second kappa shape index (κ2) is 7.95. The van der Waals surface area contributed by atoms with Crippen LogP contribution >= 0.6 is 0 Å². The Morgan fingerprint density at radius 1 is 1.21 bits per heavy atom. The number of fused-ring (bicyclic) bond motifs is 1. The van der Waals surface area contributed by atoms with Gasteiger partial charge >= 0.3 is 6.18 Å². The summed E-state index contributed by atoms with van der Waals surface area (Å²) in [6.45, 7) is 2.83. The van der Waals surface area contributed by atoms with E-state index in [2.05, 4.69) is 4.98 Å². The van der Waals surface area contributed by atoms with Gasteiger partial charge in [-0.25, -0.2) is 4.98 Å². The average molecular weight is 395 g/mol. The summed E-state index contributed by atoms with van der Waals surface area (Å²) in [5, 5.41) is 0. The first kappa shape index (κ1) is 19.8. The van der Waals surface area contributed by atoms with Crippen molar-refractivity contribution in [3.8, 4) is 5.75 Å². The quantitative estimate of drug-likeness (QED) is 0.702. The average Bonchev–Trinajstić information content (AvgIpc) is 3.05. The fraction of sp³-hybridized carbons (Fsp3) is 0.368. The molecule has 9 heteroatoms. The molecule has 0 radical (unpaired) electrons. The molecule has 28 heavy (non-hydrogen) atoms. The number of carbonyl (C=O) groups excluding carboxylic acids is 1. The van der Waals surface area contributed by atoms with Crippen molar-refractivity contribution in [2.75, 3.05) is 20.3 Å². The number of benzene rings is 1. The summed E-state index contributed by atoms with van der Waals surface area (Å²) in [7, 11) is 1.54. The fourth-order valence-corrected chi connectivity index (χ4v) is 3.02. The molecule has 1 aromatic heterocycles. The highest BCUT2D eigenvalue weighted by Gasteiger charge is 2.43. The van der Waals surface area contributed by atoms with E-state index in [4.69, 9.17) is 9.47 Å². The summed E-state index contributed by atoms with van der Waals surface area (Å²) < 4.78 is 51.9. The normalized spacial score (nSPS) is 14.5. The number of ether oxygens (including phenoxy) is 2. The lowest BCUT2D eigenvalue weighted by atomic mass is 10.1. The van der Waals surface area contributed by atoms with Crippen LogP contribution in [0.3, 0.4) is 0 Å². The van der Waals surface area contributed by atoms with Gasteiger partial charge in [-0.3, -0.25) is 4.79 Å². The summed E-state index contributed by atoms with van der Waals surface area (Å²) in [4.78, 5) is 17.9. The summed E-state index contributed by atoms with van der Waals surface area (Å²) in [6.07, 6.45) is -2.10. The number of halogens is 3. The molecule has 6 nitrogen and oxygen atoms in total. The minimum absolute atomic E-state index is 0.0493. The van der Waals surface area contributed by atoms with Gasteiger partial charge in [0.15, 0.2) is 5.69 Å². The SMILES string of the molecule is CCO/C=C/c1nc(C(F)(F)F)c2n1CCN(Cc1ccc(OC)cc1)C2=O. The van der Waals surface area contributed by atoms with Gasteiger partial charge in [0.25, 0.3) is 5.91 Å². The van der Waals surface area contributed by atoms with Crippen LogP contribution in [0.4, 0.5) is 13.2 Å². The first-order valence-corrected chi connectivity index (χ1v) is 8.73. The maximum Gasteiger partial charge on any atom is 0.435 e. The lowest BCUT2D eigenvalue weighted by Gasteiger charge is -2.29. The molecule has 0 atom stereocenters. The van der Waals surface area contributed by atoms with Gasteiger partial charge in [-0.2, -0.15) is 13.2 Å². The molecule has 150 valence electrons. The zero-order valence-electron chi connectivity index (χ0n) is 15.5. The summed E-state index contributed by atoms with van der Waals surface area (Å²) in [5.41, 5.74) is -0.816. The van der Waals surface area contributed by atoms with Crippen molar-refractivity contribution < 1.29 is 27.4 Å². The molecule has 0 unspecified atom stereocenters. The van der Waals surface area contributed by atoms with Crippen molar-refractivity contribution in [1.29, 1.82) is 0 Å². The Kier molecular flexibility index (Phi) is 5.62. The molecule has 0 saturated heterocycles. The van der Waals surface area contributed by atoms with Gasteiger partial charge in [-0.1, -0.05) is 12.1 Å². The highest BCUT2D eigenvalue weighted by molar-refractivity contribution is 5.95. The minimum Gasteiger partial charge on any atom is -0.501 e. The monoisotopic (exact) mass is 395 g/mol. The number of hydrogen-bond acceptors (Lipinski definition) is 4. The number of methoxy groups -OCH3 is 1. The van der Waals surface area contributed by atoms with Crippen LogP contribution < -0.4 is 4.74 Å². The topological polar surface area (TPSA) is 56.6 Å². The second-order valence-corrected chi connectivity index (χ2v) is 6.15. The van der Waals surface area contributed by atoms with Gasteiger partial charge in [0.2, 0.25) is 0 Å². The van der Waals surface area contributed by atoms with Crippen LogP contribution in [-0.2, 0) is 24.0 Å². The molecule has 3 rings (SSSR count). The molecule has 0 saturated carbocycles. The lowest BCUT2D eigenvalue weighted by Crippen LogP contribution is -2.40. The highest BCUT2D eigenvalue weighted by Crippen LogP contribution is 2.34. The van der Waals surface area contributed by atoms with Crippen LogP contribution in [0.25, 0.3) is 6.08 Å². The van der Waals surface area contributed by atoms with E-state index in [9.17, 15) is 18.0 Å². The van der Waals surface area contributed by atoms with Gasteiger partial charge in [-0.15, -0.1) is 0 Å². The van der Waals surface area contributed by atoms with Crippen molar-refractivity contribution >= 4 is 12.0 Å². The molecule has 0 aliphatic carbocycles. The Hall–Kier alpha value is -2.97. The minimum atomic E-state index is -4.73. The van der Waals surface area contributed by atoms with E-state index in [1.165, 1.54) is 21.8 Å². The molecule has 1 aromatic carbocycles. The van der Waals surface area contributed by atoms with E-state index in [0.717, 1.165) is 5.56 Å². The Morgan fingerprint density at radius 2 is 1.93 bits per heavy atom. The van der Waals surface area contributed by atoms with Crippen molar-refractivity contribution in [2.45, 2.75) is 26.2 Å². The van der Waals surface area contributed by atoms with E-state index < -0.39 is 23.5 Å². The van der Waals surface area contributed by atoms with Crippen LogP contribution in [-0.4, -0.2) is 40.6 Å². The van der Waals surface area contributed by atoms with E-state index in [1.54, 1.807) is 38.3 Å². The molecule has 1 amide bonds. The predicted octanol–water partition coefficient (Wildman–Crippen LogP) is 3.57. The van der Waals surface area contributed by atoms with Gasteiger partial charge in [-0.05, 0) is 24.6 Å². The predicted molar refractivity (Wildman–Crippen MR) is 95.6 cm³/mol. The molecule has 1 aliphatic rings. The Morgan fingerprint density at radius 3 is 2.54 bits per heavy atom. The lowest BCUT2D eigenvalue weighted by molar-refractivity contribution is -0.141. The summed E-state index contributed by atoms with van der Waals surface area (Å²) in [6, 6.07) is 7.04. The third-order valence-electron chi connectivity index (χ3n) is 4.36. The molecule has 2 heterocycles. The number of aromatic nitrogens is 2. The number of carbonyl (C=O) groups is 1. The number of rotatable bonds is 6. The number of imidazole rings is 1. The van der Waals surface area contributed by atoms with Crippen LogP contribution in [0.1, 0.15) is 34.5 Å². The largest absolute Gasteiger partial charge is 0.501 e.